The summed E-state index contributed by atoms with van der Waals surface area (Å²) in [5.74, 6) is 0. The molecule has 1 unspecified atom stereocenters. The fraction of sp³-hybridized carbons (Fsp3) is 0.692. The number of rotatable bonds is 4. The lowest BCUT2D eigenvalue weighted by Crippen LogP contribution is -2.36. The largest absolute Gasteiger partial charge is 0.385 e. The third kappa shape index (κ3) is 2.17. The fourth-order valence-corrected chi connectivity index (χ4v) is 3.59. The van der Waals surface area contributed by atoms with Crippen molar-refractivity contribution < 1.29 is 9.84 Å². The minimum atomic E-state index is -0.450. The van der Waals surface area contributed by atoms with Crippen molar-refractivity contribution in [2.45, 2.75) is 51.2 Å². The zero-order valence-corrected chi connectivity index (χ0v) is 10.8. The first-order valence-electron chi connectivity index (χ1n) is 6.06. The lowest BCUT2D eigenvalue weighted by molar-refractivity contribution is -0.117. The molecule has 3 heteroatoms. The zero-order chi connectivity index (χ0) is 11.6. The summed E-state index contributed by atoms with van der Waals surface area (Å²) < 4.78 is 5.87. The van der Waals surface area contributed by atoms with Crippen LogP contribution in [0.1, 0.15) is 48.5 Å². The second-order valence-electron chi connectivity index (χ2n) is 4.56. The first-order valence-corrected chi connectivity index (χ1v) is 6.88. The smallest absolute Gasteiger partial charge is 0.117 e. The van der Waals surface area contributed by atoms with E-state index in [1.807, 2.05) is 13.0 Å². The molecule has 1 saturated carbocycles. The second kappa shape index (κ2) is 4.86. The van der Waals surface area contributed by atoms with Gasteiger partial charge >= 0.3 is 0 Å². The van der Waals surface area contributed by atoms with Crippen molar-refractivity contribution in [3.8, 4) is 0 Å². The van der Waals surface area contributed by atoms with Crippen molar-refractivity contribution in [1.82, 2.24) is 0 Å². The van der Waals surface area contributed by atoms with Crippen LogP contribution in [0, 0.1) is 6.92 Å². The Labute approximate surface area is 101 Å². The summed E-state index contributed by atoms with van der Waals surface area (Å²) in [6, 6.07) is 4.10. The Hall–Kier alpha value is -0.380. The van der Waals surface area contributed by atoms with Crippen LogP contribution < -0.4 is 0 Å². The first kappa shape index (κ1) is 12.1. The van der Waals surface area contributed by atoms with Gasteiger partial charge in [0.2, 0.25) is 0 Å². The normalized spacial score (nSPS) is 21.2. The molecule has 0 saturated heterocycles. The molecular weight excluding hydrogens is 220 g/mol. The molecule has 1 atom stereocenters. The lowest BCUT2D eigenvalue weighted by atomic mass is 9.93. The Balaban J connectivity index is 2.20. The van der Waals surface area contributed by atoms with Crippen molar-refractivity contribution in [3.05, 3.63) is 21.9 Å². The SMILES string of the molecule is CCOC1(C(O)c2ccc(C)s2)CCCC1. The summed E-state index contributed by atoms with van der Waals surface area (Å²) in [5.41, 5.74) is -0.313. The van der Waals surface area contributed by atoms with Gasteiger partial charge in [-0.1, -0.05) is 12.8 Å². The molecule has 0 spiro atoms. The van der Waals surface area contributed by atoms with Gasteiger partial charge in [-0.3, -0.25) is 0 Å². The van der Waals surface area contributed by atoms with Crippen molar-refractivity contribution >= 4 is 11.3 Å². The highest BCUT2D eigenvalue weighted by Crippen LogP contribution is 2.44. The van der Waals surface area contributed by atoms with Gasteiger partial charge in [-0.25, -0.2) is 0 Å². The van der Waals surface area contributed by atoms with Crippen LogP contribution in [-0.2, 0) is 4.74 Å². The van der Waals surface area contributed by atoms with E-state index in [2.05, 4.69) is 13.0 Å². The van der Waals surface area contributed by atoms with E-state index in [4.69, 9.17) is 4.74 Å². The topological polar surface area (TPSA) is 29.5 Å². The van der Waals surface area contributed by atoms with E-state index in [0.717, 1.165) is 17.7 Å². The van der Waals surface area contributed by atoms with E-state index in [1.54, 1.807) is 11.3 Å². The molecule has 1 N–H and O–H groups in total. The van der Waals surface area contributed by atoms with Gasteiger partial charge in [0, 0.05) is 16.4 Å². The molecule has 0 radical (unpaired) electrons. The lowest BCUT2D eigenvalue weighted by Gasteiger charge is -2.33. The second-order valence-corrected chi connectivity index (χ2v) is 5.88. The molecule has 1 heterocycles. The van der Waals surface area contributed by atoms with E-state index in [0.29, 0.717) is 6.61 Å². The highest BCUT2D eigenvalue weighted by Gasteiger charge is 2.42. The molecule has 16 heavy (non-hydrogen) atoms. The van der Waals surface area contributed by atoms with Crippen molar-refractivity contribution in [2.24, 2.45) is 0 Å². The van der Waals surface area contributed by atoms with Crippen molar-refractivity contribution in [2.75, 3.05) is 6.61 Å². The monoisotopic (exact) mass is 240 g/mol. The molecule has 1 aromatic heterocycles. The van der Waals surface area contributed by atoms with Gasteiger partial charge in [-0.15, -0.1) is 11.3 Å². The van der Waals surface area contributed by atoms with Gasteiger partial charge in [-0.2, -0.15) is 0 Å². The highest BCUT2D eigenvalue weighted by atomic mass is 32.1. The van der Waals surface area contributed by atoms with Crippen LogP contribution in [0.15, 0.2) is 12.1 Å². The molecule has 0 amide bonds. The van der Waals surface area contributed by atoms with Gasteiger partial charge in [0.15, 0.2) is 0 Å². The number of aliphatic hydroxyl groups excluding tert-OH is 1. The zero-order valence-electron chi connectivity index (χ0n) is 10.0. The molecule has 1 aromatic rings. The molecule has 1 aliphatic carbocycles. The summed E-state index contributed by atoms with van der Waals surface area (Å²) in [7, 11) is 0. The Morgan fingerprint density at radius 3 is 2.62 bits per heavy atom. The third-order valence-electron chi connectivity index (χ3n) is 3.41. The van der Waals surface area contributed by atoms with Gasteiger partial charge in [0.1, 0.15) is 6.10 Å². The number of aryl methyl sites for hydroxylation is 1. The van der Waals surface area contributed by atoms with E-state index >= 15 is 0 Å². The van der Waals surface area contributed by atoms with Crippen LogP contribution in [0.4, 0.5) is 0 Å². The Bertz CT molecular complexity index is 339. The van der Waals surface area contributed by atoms with Crippen LogP contribution in [0.5, 0.6) is 0 Å². The quantitative estimate of drug-likeness (QED) is 0.873. The number of hydrogen-bond acceptors (Lipinski definition) is 3. The molecule has 0 aliphatic heterocycles. The van der Waals surface area contributed by atoms with Crippen LogP contribution in [0.25, 0.3) is 0 Å². The minimum absolute atomic E-state index is 0.313. The average Bonchev–Trinajstić information content (AvgIpc) is 2.87. The molecule has 0 aromatic carbocycles. The summed E-state index contributed by atoms with van der Waals surface area (Å²) >= 11 is 1.68. The summed E-state index contributed by atoms with van der Waals surface area (Å²) in [4.78, 5) is 2.30. The first-order chi connectivity index (χ1) is 7.68. The van der Waals surface area contributed by atoms with E-state index in [1.165, 1.54) is 17.7 Å². The summed E-state index contributed by atoms with van der Waals surface area (Å²) in [6.45, 7) is 4.76. The maximum Gasteiger partial charge on any atom is 0.117 e. The van der Waals surface area contributed by atoms with Gasteiger partial charge in [0.25, 0.3) is 0 Å². The number of thiophene rings is 1. The summed E-state index contributed by atoms with van der Waals surface area (Å²) in [5, 5.41) is 10.5. The molecule has 2 nitrogen and oxygen atoms in total. The molecular formula is C13H20O2S. The number of ether oxygens (including phenoxy) is 1. The van der Waals surface area contributed by atoms with E-state index in [-0.39, 0.29) is 5.60 Å². The van der Waals surface area contributed by atoms with Crippen LogP contribution in [-0.4, -0.2) is 17.3 Å². The van der Waals surface area contributed by atoms with Crippen molar-refractivity contribution in [1.29, 1.82) is 0 Å². The van der Waals surface area contributed by atoms with E-state index < -0.39 is 6.10 Å². The molecule has 90 valence electrons. The predicted molar refractivity (Wildman–Crippen MR) is 66.8 cm³/mol. The maximum atomic E-state index is 10.5. The highest BCUT2D eigenvalue weighted by molar-refractivity contribution is 7.12. The Kier molecular flexibility index (Phi) is 3.67. The van der Waals surface area contributed by atoms with Crippen molar-refractivity contribution in [3.63, 3.8) is 0 Å². The summed E-state index contributed by atoms with van der Waals surface area (Å²) in [6.07, 6.45) is 3.86. The van der Waals surface area contributed by atoms with E-state index in [9.17, 15) is 5.11 Å². The maximum absolute atomic E-state index is 10.5. The molecule has 1 fully saturated rings. The van der Waals surface area contributed by atoms with Gasteiger partial charge in [-0.05, 0) is 38.8 Å². The number of aliphatic hydroxyl groups is 1. The molecule has 2 rings (SSSR count). The van der Waals surface area contributed by atoms with Crippen LogP contribution in [0.2, 0.25) is 0 Å². The van der Waals surface area contributed by atoms with Gasteiger partial charge in [0.05, 0.1) is 5.60 Å². The Morgan fingerprint density at radius 1 is 1.44 bits per heavy atom. The average molecular weight is 240 g/mol. The molecule has 0 bridgehead atoms. The standard InChI is InChI=1S/C13H20O2S/c1-3-15-13(8-4-5-9-13)12(14)11-7-6-10(2)16-11/h6-7,12,14H,3-5,8-9H2,1-2H3. The van der Waals surface area contributed by atoms with Crippen LogP contribution in [0.3, 0.4) is 0 Å². The third-order valence-corrected chi connectivity index (χ3v) is 4.46. The predicted octanol–water partition coefficient (Wildman–Crippen LogP) is 3.44. The van der Waals surface area contributed by atoms with Crippen LogP contribution >= 0.6 is 11.3 Å². The molecule has 1 aliphatic rings. The van der Waals surface area contributed by atoms with Gasteiger partial charge < -0.3 is 9.84 Å². The minimum Gasteiger partial charge on any atom is -0.385 e. The fourth-order valence-electron chi connectivity index (χ4n) is 2.62. The number of hydrogen-bond donors (Lipinski definition) is 1. The Morgan fingerprint density at radius 2 is 2.12 bits per heavy atom.